The van der Waals surface area contributed by atoms with Crippen LogP contribution in [0.15, 0.2) is 48.7 Å². The molecule has 1 aromatic carbocycles. The number of hydrogen-bond acceptors (Lipinski definition) is 2. The van der Waals surface area contributed by atoms with Crippen LogP contribution in [0.1, 0.15) is 24.1 Å². The third-order valence-electron chi connectivity index (χ3n) is 2.57. The molecule has 82 valence electrons. The van der Waals surface area contributed by atoms with Crippen LogP contribution >= 0.6 is 0 Å². The van der Waals surface area contributed by atoms with Crippen LogP contribution in [0.25, 0.3) is 0 Å². The van der Waals surface area contributed by atoms with Crippen molar-refractivity contribution in [3.8, 4) is 0 Å². The standard InChI is InChI=1S/C14H16N2/c1-11-6-5-7-13(10-11)12(2)16-14-8-3-4-9-15-14/h3-10,12H,1-2H3,(H,15,16). The van der Waals surface area contributed by atoms with E-state index in [1.807, 2.05) is 18.2 Å². The van der Waals surface area contributed by atoms with Crippen molar-refractivity contribution in [2.45, 2.75) is 19.9 Å². The molecular formula is C14H16N2. The summed E-state index contributed by atoms with van der Waals surface area (Å²) in [6.45, 7) is 4.25. The Labute approximate surface area is 96.4 Å². The summed E-state index contributed by atoms with van der Waals surface area (Å²) in [7, 11) is 0. The van der Waals surface area contributed by atoms with Crippen LogP contribution < -0.4 is 5.32 Å². The molecule has 0 aliphatic heterocycles. The third-order valence-corrected chi connectivity index (χ3v) is 2.57. The minimum absolute atomic E-state index is 0.273. The highest BCUT2D eigenvalue weighted by molar-refractivity contribution is 5.38. The summed E-state index contributed by atoms with van der Waals surface area (Å²) in [5.41, 5.74) is 2.57. The lowest BCUT2D eigenvalue weighted by Crippen LogP contribution is -2.07. The molecule has 0 aliphatic carbocycles. The first-order chi connectivity index (χ1) is 7.75. The Morgan fingerprint density at radius 2 is 2.00 bits per heavy atom. The topological polar surface area (TPSA) is 24.9 Å². The van der Waals surface area contributed by atoms with Crippen molar-refractivity contribution in [2.24, 2.45) is 0 Å². The fraction of sp³-hybridized carbons (Fsp3) is 0.214. The van der Waals surface area contributed by atoms with Gasteiger partial charge in [-0.3, -0.25) is 0 Å². The van der Waals surface area contributed by atoms with Crippen molar-refractivity contribution < 1.29 is 0 Å². The molecule has 1 heterocycles. The van der Waals surface area contributed by atoms with Crippen LogP contribution in [0.2, 0.25) is 0 Å². The van der Waals surface area contributed by atoms with E-state index in [0.29, 0.717) is 0 Å². The normalized spacial score (nSPS) is 12.1. The van der Waals surface area contributed by atoms with Crippen molar-refractivity contribution >= 4 is 5.82 Å². The van der Waals surface area contributed by atoms with E-state index in [1.165, 1.54) is 11.1 Å². The molecule has 16 heavy (non-hydrogen) atoms. The summed E-state index contributed by atoms with van der Waals surface area (Å²) in [5.74, 6) is 0.913. The van der Waals surface area contributed by atoms with Gasteiger partial charge in [0.25, 0.3) is 0 Å². The SMILES string of the molecule is Cc1cccc(C(C)Nc2ccccn2)c1. The van der Waals surface area contributed by atoms with Gasteiger partial charge in [-0.1, -0.05) is 35.9 Å². The summed E-state index contributed by atoms with van der Waals surface area (Å²) < 4.78 is 0. The predicted molar refractivity (Wildman–Crippen MR) is 67.5 cm³/mol. The average molecular weight is 212 g/mol. The molecule has 0 saturated carbocycles. The number of aryl methyl sites for hydroxylation is 1. The van der Waals surface area contributed by atoms with E-state index in [-0.39, 0.29) is 6.04 Å². The summed E-state index contributed by atoms with van der Waals surface area (Å²) in [4.78, 5) is 4.26. The Balaban J connectivity index is 2.12. The number of hydrogen-bond donors (Lipinski definition) is 1. The lowest BCUT2D eigenvalue weighted by molar-refractivity contribution is 0.873. The van der Waals surface area contributed by atoms with Gasteiger partial charge in [0.15, 0.2) is 0 Å². The predicted octanol–water partition coefficient (Wildman–Crippen LogP) is 3.56. The summed E-state index contributed by atoms with van der Waals surface area (Å²) in [6, 6.07) is 14.7. The number of anilines is 1. The van der Waals surface area contributed by atoms with Gasteiger partial charge in [0.05, 0.1) is 0 Å². The van der Waals surface area contributed by atoms with Gasteiger partial charge in [-0.15, -0.1) is 0 Å². The van der Waals surface area contributed by atoms with Gasteiger partial charge in [-0.05, 0) is 31.5 Å². The minimum atomic E-state index is 0.273. The molecule has 1 N–H and O–H groups in total. The molecule has 0 fully saturated rings. The van der Waals surface area contributed by atoms with Crippen LogP contribution in [0.5, 0.6) is 0 Å². The van der Waals surface area contributed by atoms with Gasteiger partial charge in [0, 0.05) is 12.2 Å². The second-order valence-corrected chi connectivity index (χ2v) is 4.00. The first-order valence-electron chi connectivity index (χ1n) is 5.50. The Kier molecular flexibility index (Phi) is 3.20. The van der Waals surface area contributed by atoms with Crippen molar-refractivity contribution in [1.82, 2.24) is 4.98 Å². The molecule has 2 aromatic rings. The maximum atomic E-state index is 4.26. The zero-order chi connectivity index (χ0) is 11.4. The molecule has 1 aromatic heterocycles. The molecule has 0 aliphatic rings. The maximum absolute atomic E-state index is 4.26. The van der Waals surface area contributed by atoms with Crippen molar-refractivity contribution in [3.05, 3.63) is 59.8 Å². The van der Waals surface area contributed by atoms with E-state index in [4.69, 9.17) is 0 Å². The second kappa shape index (κ2) is 4.79. The number of aromatic nitrogens is 1. The molecule has 2 heteroatoms. The highest BCUT2D eigenvalue weighted by atomic mass is 15.0. The quantitative estimate of drug-likeness (QED) is 0.841. The average Bonchev–Trinajstić information content (AvgIpc) is 2.30. The van der Waals surface area contributed by atoms with Crippen LogP contribution in [0, 0.1) is 6.92 Å². The Bertz CT molecular complexity index is 451. The van der Waals surface area contributed by atoms with Crippen LogP contribution in [-0.4, -0.2) is 4.98 Å². The van der Waals surface area contributed by atoms with Gasteiger partial charge in [0.2, 0.25) is 0 Å². The molecule has 0 saturated heterocycles. The van der Waals surface area contributed by atoms with Gasteiger partial charge in [-0.25, -0.2) is 4.98 Å². The molecule has 0 amide bonds. The zero-order valence-corrected chi connectivity index (χ0v) is 9.64. The first kappa shape index (κ1) is 10.7. The van der Waals surface area contributed by atoms with E-state index < -0.39 is 0 Å². The van der Waals surface area contributed by atoms with Crippen molar-refractivity contribution in [3.63, 3.8) is 0 Å². The molecular weight excluding hydrogens is 196 g/mol. The number of nitrogens with one attached hydrogen (secondary N) is 1. The van der Waals surface area contributed by atoms with Crippen LogP contribution in [0.4, 0.5) is 5.82 Å². The van der Waals surface area contributed by atoms with Gasteiger partial charge in [-0.2, -0.15) is 0 Å². The fourth-order valence-corrected chi connectivity index (χ4v) is 1.69. The van der Waals surface area contributed by atoms with E-state index >= 15 is 0 Å². The van der Waals surface area contributed by atoms with E-state index in [0.717, 1.165) is 5.82 Å². The summed E-state index contributed by atoms with van der Waals surface area (Å²) in [6.07, 6.45) is 1.80. The van der Waals surface area contributed by atoms with Crippen molar-refractivity contribution in [2.75, 3.05) is 5.32 Å². The summed E-state index contributed by atoms with van der Waals surface area (Å²) >= 11 is 0. The van der Waals surface area contributed by atoms with Crippen molar-refractivity contribution in [1.29, 1.82) is 0 Å². The lowest BCUT2D eigenvalue weighted by atomic mass is 10.1. The number of rotatable bonds is 3. The zero-order valence-electron chi connectivity index (χ0n) is 9.64. The lowest BCUT2D eigenvalue weighted by Gasteiger charge is -2.15. The largest absolute Gasteiger partial charge is 0.364 e. The molecule has 1 atom stereocenters. The van der Waals surface area contributed by atoms with Crippen LogP contribution in [0.3, 0.4) is 0 Å². The van der Waals surface area contributed by atoms with Gasteiger partial charge in [0.1, 0.15) is 5.82 Å². The first-order valence-corrected chi connectivity index (χ1v) is 5.50. The molecule has 0 radical (unpaired) electrons. The smallest absolute Gasteiger partial charge is 0.126 e. The van der Waals surface area contributed by atoms with E-state index in [9.17, 15) is 0 Å². The summed E-state index contributed by atoms with van der Waals surface area (Å²) in [5, 5.41) is 3.37. The van der Waals surface area contributed by atoms with E-state index in [2.05, 4.69) is 48.4 Å². The molecule has 2 rings (SSSR count). The Morgan fingerprint density at radius 1 is 1.12 bits per heavy atom. The third kappa shape index (κ3) is 2.60. The number of nitrogens with zero attached hydrogens (tertiary/aromatic N) is 1. The molecule has 2 nitrogen and oxygen atoms in total. The number of benzene rings is 1. The van der Waals surface area contributed by atoms with E-state index in [1.54, 1.807) is 6.20 Å². The van der Waals surface area contributed by atoms with Gasteiger partial charge < -0.3 is 5.32 Å². The molecule has 0 bridgehead atoms. The number of pyridine rings is 1. The van der Waals surface area contributed by atoms with Crippen LogP contribution in [-0.2, 0) is 0 Å². The fourth-order valence-electron chi connectivity index (χ4n) is 1.69. The maximum Gasteiger partial charge on any atom is 0.126 e. The Morgan fingerprint density at radius 3 is 2.69 bits per heavy atom. The van der Waals surface area contributed by atoms with Gasteiger partial charge >= 0.3 is 0 Å². The monoisotopic (exact) mass is 212 g/mol. The molecule has 1 unspecified atom stereocenters. The minimum Gasteiger partial charge on any atom is -0.364 e. The highest BCUT2D eigenvalue weighted by Crippen LogP contribution is 2.18. The highest BCUT2D eigenvalue weighted by Gasteiger charge is 2.05. The Hall–Kier alpha value is -1.83. The second-order valence-electron chi connectivity index (χ2n) is 4.00. The molecule has 0 spiro atoms.